The highest BCUT2D eigenvalue weighted by atomic mass is 127. The number of nitrogens with zero attached hydrogens (tertiary/aromatic N) is 1. The molecule has 0 radical (unpaired) electrons. The minimum atomic E-state index is -0.615. The quantitative estimate of drug-likeness (QED) is 0.400. The van der Waals surface area contributed by atoms with Crippen molar-refractivity contribution in [3.05, 3.63) is 0 Å². The van der Waals surface area contributed by atoms with Crippen molar-refractivity contribution >= 4 is 41.8 Å². The summed E-state index contributed by atoms with van der Waals surface area (Å²) in [6.07, 6.45) is 0. The highest BCUT2D eigenvalue weighted by Gasteiger charge is 2.50. The number of likely N-dealkylation sites (N-methyl/N-ethyl adjacent to an activating group) is 1. The zero-order valence-corrected chi connectivity index (χ0v) is 14.1. The van der Waals surface area contributed by atoms with Crippen LogP contribution in [0.1, 0.15) is 27.7 Å². The van der Waals surface area contributed by atoms with Gasteiger partial charge in [-0.15, -0.1) is 24.0 Å². The molecule has 0 spiro atoms. The van der Waals surface area contributed by atoms with E-state index in [1.807, 2.05) is 18.4 Å². The van der Waals surface area contributed by atoms with Gasteiger partial charge in [-0.2, -0.15) is 4.58 Å². The SMILES string of the molecule is CC[N+]1=C(C)OCC1(COC(C)=O)COC(C)=O.I. The Labute approximate surface area is 130 Å². The maximum absolute atomic E-state index is 11.0. The molecular formula is C12H21INO5+. The molecule has 0 unspecified atom stereocenters. The van der Waals surface area contributed by atoms with Gasteiger partial charge >= 0.3 is 17.8 Å². The molecule has 1 rings (SSSR count). The summed E-state index contributed by atoms with van der Waals surface area (Å²) in [6.45, 7) is 7.81. The van der Waals surface area contributed by atoms with Crippen LogP contribution in [0.3, 0.4) is 0 Å². The predicted molar refractivity (Wildman–Crippen MR) is 78.8 cm³/mol. The van der Waals surface area contributed by atoms with Crippen molar-refractivity contribution in [2.24, 2.45) is 0 Å². The van der Waals surface area contributed by atoms with E-state index < -0.39 is 5.54 Å². The molecule has 7 heteroatoms. The smallest absolute Gasteiger partial charge is 0.334 e. The average molecular weight is 386 g/mol. The second-order valence-electron chi connectivity index (χ2n) is 4.34. The summed E-state index contributed by atoms with van der Waals surface area (Å²) in [6, 6.07) is 0. The van der Waals surface area contributed by atoms with Crippen LogP contribution >= 0.6 is 24.0 Å². The Morgan fingerprint density at radius 3 is 2.11 bits per heavy atom. The van der Waals surface area contributed by atoms with Crippen molar-refractivity contribution in [3.8, 4) is 0 Å². The fraction of sp³-hybridized carbons (Fsp3) is 0.750. The summed E-state index contributed by atoms with van der Waals surface area (Å²) in [7, 11) is 0. The van der Waals surface area contributed by atoms with Crippen molar-refractivity contribution in [2.45, 2.75) is 33.2 Å². The van der Waals surface area contributed by atoms with Gasteiger partial charge in [0.05, 0.1) is 6.92 Å². The molecule has 0 aromatic rings. The molecular weight excluding hydrogens is 365 g/mol. The van der Waals surface area contributed by atoms with Crippen molar-refractivity contribution in [1.82, 2.24) is 0 Å². The molecule has 6 nitrogen and oxygen atoms in total. The lowest BCUT2D eigenvalue weighted by Crippen LogP contribution is -2.51. The van der Waals surface area contributed by atoms with E-state index >= 15 is 0 Å². The highest BCUT2D eigenvalue weighted by molar-refractivity contribution is 14.0. The van der Waals surface area contributed by atoms with E-state index in [1.54, 1.807) is 0 Å². The Morgan fingerprint density at radius 1 is 1.26 bits per heavy atom. The molecule has 0 N–H and O–H groups in total. The first kappa shape index (κ1) is 18.1. The summed E-state index contributed by atoms with van der Waals surface area (Å²) in [5.74, 6) is 0.0208. The van der Waals surface area contributed by atoms with Crippen LogP contribution < -0.4 is 0 Å². The second kappa shape index (κ2) is 7.66. The van der Waals surface area contributed by atoms with Gasteiger partial charge in [0.2, 0.25) is 0 Å². The lowest BCUT2D eigenvalue weighted by atomic mass is 10.0. The molecule has 0 aromatic carbocycles. The number of rotatable bonds is 5. The molecule has 1 heterocycles. The van der Waals surface area contributed by atoms with Gasteiger partial charge in [0, 0.05) is 13.8 Å². The maximum atomic E-state index is 11.0. The van der Waals surface area contributed by atoms with Crippen LogP contribution in [-0.2, 0) is 23.8 Å². The van der Waals surface area contributed by atoms with Crippen molar-refractivity contribution < 1.29 is 28.4 Å². The number of carbonyl (C=O) groups is 2. The molecule has 0 fully saturated rings. The molecule has 0 saturated heterocycles. The number of esters is 2. The third-order valence-corrected chi connectivity index (χ3v) is 2.91. The van der Waals surface area contributed by atoms with Gasteiger partial charge in [-0.25, -0.2) is 0 Å². The minimum Gasteiger partial charge on any atom is -0.458 e. The van der Waals surface area contributed by atoms with E-state index in [4.69, 9.17) is 14.2 Å². The molecule has 0 bridgehead atoms. The Balaban J connectivity index is 0.00000324. The molecule has 1 aliphatic heterocycles. The number of hydrogen-bond donors (Lipinski definition) is 0. The minimum absolute atomic E-state index is 0. The van der Waals surface area contributed by atoms with Gasteiger partial charge in [0.1, 0.15) is 6.54 Å². The van der Waals surface area contributed by atoms with Gasteiger partial charge in [-0.3, -0.25) is 9.59 Å². The molecule has 0 amide bonds. The molecule has 110 valence electrons. The number of hydrogen-bond acceptors (Lipinski definition) is 5. The summed E-state index contributed by atoms with van der Waals surface area (Å²) >= 11 is 0. The average Bonchev–Trinajstić information content (AvgIpc) is 2.61. The maximum Gasteiger partial charge on any atom is 0.334 e. The van der Waals surface area contributed by atoms with Gasteiger partial charge in [0.15, 0.2) is 19.8 Å². The third kappa shape index (κ3) is 4.63. The van der Waals surface area contributed by atoms with Gasteiger partial charge < -0.3 is 14.2 Å². The van der Waals surface area contributed by atoms with Crippen molar-refractivity contribution in [3.63, 3.8) is 0 Å². The van der Waals surface area contributed by atoms with Crippen molar-refractivity contribution in [1.29, 1.82) is 0 Å². The predicted octanol–water partition coefficient (Wildman–Crippen LogP) is 0.950. The fourth-order valence-corrected chi connectivity index (χ4v) is 2.04. The fourth-order valence-electron chi connectivity index (χ4n) is 2.04. The van der Waals surface area contributed by atoms with E-state index in [0.717, 1.165) is 5.90 Å². The van der Waals surface area contributed by atoms with E-state index in [0.29, 0.717) is 13.2 Å². The van der Waals surface area contributed by atoms with Crippen LogP contribution in [0.5, 0.6) is 0 Å². The van der Waals surface area contributed by atoms with Crippen molar-refractivity contribution in [2.75, 3.05) is 26.4 Å². The highest BCUT2D eigenvalue weighted by Crippen LogP contribution is 2.20. The topological polar surface area (TPSA) is 64.8 Å². The Bertz CT molecular complexity index is 362. The van der Waals surface area contributed by atoms with Gasteiger partial charge in [0.25, 0.3) is 5.54 Å². The van der Waals surface area contributed by atoms with Crippen LogP contribution in [0.15, 0.2) is 0 Å². The lowest BCUT2D eigenvalue weighted by molar-refractivity contribution is -0.601. The van der Waals surface area contributed by atoms with Crippen LogP contribution in [0, 0.1) is 0 Å². The van der Waals surface area contributed by atoms with Crippen LogP contribution in [-0.4, -0.2) is 54.3 Å². The van der Waals surface area contributed by atoms with E-state index in [9.17, 15) is 9.59 Å². The summed E-state index contributed by atoms with van der Waals surface area (Å²) in [4.78, 5) is 21.9. The number of halogens is 1. The first-order valence-electron chi connectivity index (χ1n) is 5.92. The number of carbonyl (C=O) groups excluding carboxylic acids is 2. The van der Waals surface area contributed by atoms with E-state index in [1.165, 1.54) is 13.8 Å². The Kier molecular flexibility index (Phi) is 7.32. The first-order valence-corrected chi connectivity index (χ1v) is 5.92. The molecule has 0 saturated carbocycles. The summed E-state index contributed by atoms with van der Waals surface area (Å²) in [5.41, 5.74) is -0.615. The molecule has 0 aromatic heterocycles. The second-order valence-corrected chi connectivity index (χ2v) is 4.34. The first-order chi connectivity index (χ1) is 8.41. The molecule has 1 aliphatic rings. The van der Waals surface area contributed by atoms with Gasteiger partial charge in [-0.05, 0) is 6.92 Å². The van der Waals surface area contributed by atoms with Crippen LogP contribution in [0.4, 0.5) is 0 Å². The molecule has 19 heavy (non-hydrogen) atoms. The largest absolute Gasteiger partial charge is 0.458 e. The normalized spacial score (nSPS) is 16.4. The Morgan fingerprint density at radius 2 is 1.74 bits per heavy atom. The zero-order valence-electron chi connectivity index (χ0n) is 11.7. The molecule has 0 atom stereocenters. The van der Waals surface area contributed by atoms with Crippen LogP contribution in [0.25, 0.3) is 0 Å². The molecule has 0 aliphatic carbocycles. The lowest BCUT2D eigenvalue weighted by Gasteiger charge is -2.23. The summed E-state index contributed by atoms with van der Waals surface area (Å²) in [5, 5.41) is 0. The standard InChI is InChI=1S/C12H20NO5.HI/c1-5-13-9(2)16-6-12(13,7-17-10(3)14)8-18-11(4)15;/h5-8H2,1-4H3;1H/q+1;. The Hall–Kier alpha value is -0.860. The zero-order chi connectivity index (χ0) is 13.8. The summed E-state index contributed by atoms with van der Waals surface area (Å²) < 4.78 is 17.6. The monoisotopic (exact) mass is 386 g/mol. The third-order valence-electron chi connectivity index (χ3n) is 2.91. The van der Waals surface area contributed by atoms with Crippen LogP contribution in [0.2, 0.25) is 0 Å². The van der Waals surface area contributed by atoms with E-state index in [2.05, 4.69) is 0 Å². The van der Waals surface area contributed by atoms with E-state index in [-0.39, 0.29) is 49.1 Å². The van der Waals surface area contributed by atoms with Gasteiger partial charge in [-0.1, -0.05) is 0 Å². The number of ether oxygens (including phenoxy) is 3.